The van der Waals surface area contributed by atoms with E-state index in [0.717, 1.165) is 77.0 Å². The summed E-state index contributed by atoms with van der Waals surface area (Å²) >= 11 is 0. The highest BCUT2D eigenvalue weighted by Gasteiger charge is 2.56. The van der Waals surface area contributed by atoms with Gasteiger partial charge < -0.3 is 15.3 Å². The quantitative estimate of drug-likeness (QED) is 0.0666. The van der Waals surface area contributed by atoms with Crippen molar-refractivity contribution in [2.45, 2.75) is 194 Å². The van der Waals surface area contributed by atoms with Gasteiger partial charge >= 0.3 is 17.9 Å². The lowest BCUT2D eigenvalue weighted by molar-refractivity contribution is -0.176. The summed E-state index contributed by atoms with van der Waals surface area (Å²) in [5.74, 6) is -5.91. The Labute approximate surface area is 258 Å². The first-order valence-electron chi connectivity index (χ1n) is 18.0. The molecular formula is C36H68O6. The lowest BCUT2D eigenvalue weighted by Crippen LogP contribution is -2.51. The van der Waals surface area contributed by atoms with E-state index in [-0.39, 0.29) is 19.3 Å². The highest BCUT2D eigenvalue weighted by atomic mass is 16.4. The van der Waals surface area contributed by atoms with E-state index in [1.165, 1.54) is 57.8 Å². The van der Waals surface area contributed by atoms with E-state index in [9.17, 15) is 29.7 Å². The second kappa shape index (κ2) is 27.0. The maximum atomic E-state index is 13.1. The van der Waals surface area contributed by atoms with Gasteiger partial charge in [-0.05, 0) is 19.3 Å². The van der Waals surface area contributed by atoms with Gasteiger partial charge in [-0.15, -0.1) is 0 Å². The highest BCUT2D eigenvalue weighted by Crippen LogP contribution is 2.47. The Morgan fingerprint density at radius 2 is 0.690 bits per heavy atom. The molecule has 0 aliphatic heterocycles. The molecule has 0 spiro atoms. The summed E-state index contributed by atoms with van der Waals surface area (Å²) in [7, 11) is 0. The Morgan fingerprint density at radius 1 is 0.429 bits per heavy atom. The van der Waals surface area contributed by atoms with Crippen molar-refractivity contribution in [3.8, 4) is 0 Å². The van der Waals surface area contributed by atoms with Gasteiger partial charge in [-0.2, -0.15) is 0 Å². The van der Waals surface area contributed by atoms with E-state index in [4.69, 9.17) is 0 Å². The van der Waals surface area contributed by atoms with Gasteiger partial charge in [0, 0.05) is 0 Å². The number of carboxylic acid groups (broad SMARTS) is 3. The SMILES string of the molecule is CCCCCCCCCCCCC(C(=O)O)C(CCCCCCCCCC)(C(=O)O)C(CCCCCCCC)C(=O)O. The summed E-state index contributed by atoms with van der Waals surface area (Å²) in [4.78, 5) is 38.4. The molecule has 42 heavy (non-hydrogen) atoms. The van der Waals surface area contributed by atoms with Crippen molar-refractivity contribution < 1.29 is 29.7 Å². The van der Waals surface area contributed by atoms with Crippen LogP contribution in [0.2, 0.25) is 0 Å². The first kappa shape index (κ1) is 40.4. The average molecular weight is 597 g/mol. The van der Waals surface area contributed by atoms with Crippen molar-refractivity contribution in [1.82, 2.24) is 0 Å². The molecule has 0 aliphatic rings. The minimum absolute atomic E-state index is 0.124. The molecule has 3 N–H and O–H groups in total. The van der Waals surface area contributed by atoms with Crippen LogP contribution in [0.3, 0.4) is 0 Å². The maximum Gasteiger partial charge on any atom is 0.311 e. The van der Waals surface area contributed by atoms with Gasteiger partial charge in [-0.1, -0.05) is 175 Å². The molecule has 0 saturated carbocycles. The van der Waals surface area contributed by atoms with E-state index in [1.807, 2.05) is 0 Å². The topological polar surface area (TPSA) is 112 Å². The largest absolute Gasteiger partial charge is 0.481 e. The van der Waals surface area contributed by atoms with Crippen molar-refractivity contribution in [1.29, 1.82) is 0 Å². The van der Waals surface area contributed by atoms with E-state index in [2.05, 4.69) is 20.8 Å². The summed E-state index contributed by atoms with van der Waals surface area (Å²) in [6.45, 7) is 6.55. The Hall–Kier alpha value is -1.59. The van der Waals surface area contributed by atoms with Crippen molar-refractivity contribution in [3.63, 3.8) is 0 Å². The molecule has 0 amide bonds. The van der Waals surface area contributed by atoms with E-state index >= 15 is 0 Å². The minimum atomic E-state index is -1.78. The molecular weight excluding hydrogens is 528 g/mol. The number of hydrogen-bond donors (Lipinski definition) is 3. The molecule has 0 radical (unpaired) electrons. The third-order valence-corrected chi connectivity index (χ3v) is 9.37. The molecule has 0 heterocycles. The number of carboxylic acids is 3. The predicted octanol–water partition coefficient (Wildman–Crippen LogP) is 11.1. The summed E-state index contributed by atoms with van der Waals surface area (Å²) in [5, 5.41) is 31.4. The zero-order valence-corrected chi connectivity index (χ0v) is 27.8. The minimum Gasteiger partial charge on any atom is -0.481 e. The molecule has 3 atom stereocenters. The second-order valence-electron chi connectivity index (χ2n) is 12.9. The standard InChI is InChI=1S/C36H68O6/c1-4-7-10-13-16-18-19-20-23-26-29-32(34(39)40)36(35(41)42,30-27-24-21-17-14-11-8-5-2)31(33(37)38)28-25-22-15-12-9-6-3/h31-32H,4-30H2,1-3H3,(H,37,38)(H,39,40)(H,41,42). The van der Waals surface area contributed by atoms with Crippen LogP contribution in [0, 0.1) is 17.3 Å². The smallest absolute Gasteiger partial charge is 0.311 e. The Bertz CT molecular complexity index is 678. The molecule has 0 aliphatic carbocycles. The van der Waals surface area contributed by atoms with Crippen LogP contribution in [-0.2, 0) is 14.4 Å². The monoisotopic (exact) mass is 597 g/mol. The van der Waals surface area contributed by atoms with Crippen molar-refractivity contribution in [2.24, 2.45) is 17.3 Å². The third-order valence-electron chi connectivity index (χ3n) is 9.37. The van der Waals surface area contributed by atoms with Crippen LogP contribution in [0.1, 0.15) is 194 Å². The van der Waals surface area contributed by atoms with E-state index in [0.29, 0.717) is 19.3 Å². The fourth-order valence-corrected chi connectivity index (χ4v) is 6.72. The number of hydrogen-bond acceptors (Lipinski definition) is 3. The summed E-state index contributed by atoms with van der Waals surface area (Å²) in [6.07, 6.45) is 25.7. The Morgan fingerprint density at radius 3 is 0.952 bits per heavy atom. The van der Waals surface area contributed by atoms with Crippen LogP contribution in [0.5, 0.6) is 0 Å². The molecule has 0 fully saturated rings. The molecule has 0 rings (SSSR count). The highest BCUT2D eigenvalue weighted by molar-refractivity contribution is 5.88. The van der Waals surface area contributed by atoms with Crippen LogP contribution in [-0.4, -0.2) is 33.2 Å². The van der Waals surface area contributed by atoms with Crippen LogP contribution in [0.4, 0.5) is 0 Å². The van der Waals surface area contributed by atoms with Crippen LogP contribution in [0.25, 0.3) is 0 Å². The molecule has 248 valence electrons. The summed E-state index contributed by atoms with van der Waals surface area (Å²) in [5.41, 5.74) is -1.78. The van der Waals surface area contributed by atoms with Gasteiger partial charge in [-0.3, -0.25) is 14.4 Å². The summed E-state index contributed by atoms with van der Waals surface area (Å²) < 4.78 is 0. The molecule has 3 unspecified atom stereocenters. The van der Waals surface area contributed by atoms with Gasteiger partial charge in [0.25, 0.3) is 0 Å². The van der Waals surface area contributed by atoms with Crippen LogP contribution >= 0.6 is 0 Å². The van der Waals surface area contributed by atoms with Crippen molar-refractivity contribution in [2.75, 3.05) is 0 Å². The first-order valence-corrected chi connectivity index (χ1v) is 18.0. The number of aliphatic carboxylic acids is 3. The first-order chi connectivity index (χ1) is 20.3. The van der Waals surface area contributed by atoms with Crippen molar-refractivity contribution in [3.05, 3.63) is 0 Å². The Kier molecular flexibility index (Phi) is 26.0. The molecule has 0 aromatic carbocycles. The van der Waals surface area contributed by atoms with Crippen LogP contribution < -0.4 is 0 Å². The maximum absolute atomic E-state index is 13.1. The number of unbranched alkanes of at least 4 members (excludes halogenated alkanes) is 21. The average Bonchev–Trinajstić information content (AvgIpc) is 2.95. The van der Waals surface area contributed by atoms with Gasteiger partial charge in [0.05, 0.1) is 17.3 Å². The number of rotatable bonds is 32. The van der Waals surface area contributed by atoms with Gasteiger partial charge in [-0.25, -0.2) is 0 Å². The van der Waals surface area contributed by atoms with E-state index < -0.39 is 35.2 Å². The molecule has 0 aromatic rings. The zero-order valence-electron chi connectivity index (χ0n) is 27.8. The molecule has 0 aromatic heterocycles. The van der Waals surface area contributed by atoms with Crippen molar-refractivity contribution >= 4 is 17.9 Å². The summed E-state index contributed by atoms with van der Waals surface area (Å²) in [6, 6.07) is 0. The van der Waals surface area contributed by atoms with Gasteiger partial charge in [0.1, 0.15) is 0 Å². The Balaban J connectivity index is 5.48. The van der Waals surface area contributed by atoms with Crippen LogP contribution in [0.15, 0.2) is 0 Å². The lowest BCUT2D eigenvalue weighted by Gasteiger charge is -2.40. The van der Waals surface area contributed by atoms with Gasteiger partial charge in [0.2, 0.25) is 0 Å². The zero-order chi connectivity index (χ0) is 31.5. The third kappa shape index (κ3) is 17.5. The molecule has 6 nitrogen and oxygen atoms in total. The predicted molar refractivity (Wildman–Crippen MR) is 174 cm³/mol. The fraction of sp³-hybridized carbons (Fsp3) is 0.917. The second-order valence-corrected chi connectivity index (χ2v) is 12.9. The normalized spacial score (nSPS) is 14.4. The number of carbonyl (C=O) groups is 3. The molecule has 0 saturated heterocycles. The van der Waals surface area contributed by atoms with Gasteiger partial charge in [0.15, 0.2) is 0 Å². The molecule has 0 bridgehead atoms. The van der Waals surface area contributed by atoms with E-state index in [1.54, 1.807) is 0 Å². The lowest BCUT2D eigenvalue weighted by atomic mass is 9.60. The fourth-order valence-electron chi connectivity index (χ4n) is 6.72. The molecule has 6 heteroatoms.